The van der Waals surface area contributed by atoms with Crippen LogP contribution in [0.1, 0.15) is 22.8 Å². The van der Waals surface area contributed by atoms with Crippen LogP contribution in [0, 0.1) is 10.1 Å². The third-order valence-electron chi connectivity index (χ3n) is 6.84. The van der Waals surface area contributed by atoms with E-state index < -0.39 is 10.8 Å². The van der Waals surface area contributed by atoms with E-state index in [-0.39, 0.29) is 11.3 Å². The second kappa shape index (κ2) is 10.3. The van der Waals surface area contributed by atoms with Crippen LogP contribution in [0.4, 0.5) is 5.69 Å². The molecule has 9 nitrogen and oxygen atoms in total. The number of benzene rings is 4. The highest BCUT2D eigenvalue weighted by atomic mass is 16.6. The molecule has 4 aromatic carbocycles. The number of hydrazone groups is 1. The number of fused-ring (bicyclic) bond motifs is 3. The Kier molecular flexibility index (Phi) is 6.37. The first-order valence-electron chi connectivity index (χ1n) is 12.8. The molecule has 196 valence electrons. The van der Waals surface area contributed by atoms with Crippen LogP contribution in [0.15, 0.2) is 108 Å². The lowest BCUT2D eigenvalue weighted by molar-refractivity contribution is -0.384. The third-order valence-corrected chi connectivity index (χ3v) is 6.84. The number of aromatic nitrogens is 3. The molecule has 0 spiro atoms. The van der Waals surface area contributed by atoms with Crippen molar-refractivity contribution in [3.63, 3.8) is 0 Å². The second-order valence-corrected chi connectivity index (χ2v) is 9.21. The predicted octanol–water partition coefficient (Wildman–Crippen LogP) is 6.34. The summed E-state index contributed by atoms with van der Waals surface area (Å²) in [5.74, 6) is -0.475. The van der Waals surface area contributed by atoms with Gasteiger partial charge in [-0.15, -0.1) is 0 Å². The molecule has 40 heavy (non-hydrogen) atoms. The number of hydrogen-bond acceptors (Lipinski definition) is 5. The van der Waals surface area contributed by atoms with Crippen LogP contribution in [0.3, 0.4) is 0 Å². The zero-order chi connectivity index (χ0) is 27.6. The minimum atomic E-state index is -0.511. The molecule has 0 radical (unpaired) electrons. The topological polar surface area (TPSA) is 107 Å². The summed E-state index contributed by atoms with van der Waals surface area (Å²) in [5, 5.41) is 22.3. The van der Waals surface area contributed by atoms with Gasteiger partial charge in [-0.05, 0) is 49.4 Å². The number of nitro benzene ring substituents is 1. The van der Waals surface area contributed by atoms with Crippen LogP contribution in [0.2, 0.25) is 0 Å². The Labute approximate surface area is 229 Å². The Balaban J connectivity index is 1.38. The summed E-state index contributed by atoms with van der Waals surface area (Å²) in [6.07, 6.45) is 3.43. The van der Waals surface area contributed by atoms with Gasteiger partial charge in [0.05, 0.1) is 16.8 Å². The van der Waals surface area contributed by atoms with E-state index in [9.17, 15) is 14.9 Å². The molecule has 2 aromatic heterocycles. The molecule has 9 heteroatoms. The van der Waals surface area contributed by atoms with E-state index >= 15 is 0 Å². The predicted molar refractivity (Wildman–Crippen MR) is 156 cm³/mol. The van der Waals surface area contributed by atoms with Crippen molar-refractivity contribution in [2.45, 2.75) is 13.5 Å². The van der Waals surface area contributed by atoms with E-state index in [0.29, 0.717) is 11.3 Å². The largest absolute Gasteiger partial charge is 0.341 e. The van der Waals surface area contributed by atoms with Crippen molar-refractivity contribution in [2.75, 3.05) is 0 Å². The first-order chi connectivity index (χ1) is 19.5. The molecule has 0 aliphatic heterocycles. The molecule has 0 bridgehead atoms. The number of amides is 1. The van der Waals surface area contributed by atoms with E-state index in [0.717, 1.165) is 28.7 Å². The minimum Gasteiger partial charge on any atom is -0.341 e. The highest BCUT2D eigenvalue weighted by Gasteiger charge is 2.15. The molecule has 0 saturated heterocycles. The van der Waals surface area contributed by atoms with Gasteiger partial charge in [0.1, 0.15) is 5.69 Å². The Morgan fingerprint density at radius 3 is 2.42 bits per heavy atom. The Morgan fingerprint density at radius 1 is 0.950 bits per heavy atom. The first kappa shape index (κ1) is 24.7. The molecule has 0 saturated carbocycles. The van der Waals surface area contributed by atoms with Crippen molar-refractivity contribution in [3.8, 4) is 16.9 Å². The van der Waals surface area contributed by atoms with Gasteiger partial charge in [0, 0.05) is 63.4 Å². The van der Waals surface area contributed by atoms with Gasteiger partial charge in [-0.25, -0.2) is 10.1 Å². The molecule has 2 heterocycles. The number of nitrogens with zero attached hydrogens (tertiary/aromatic N) is 5. The standard InChI is InChI=1S/C31H24N6O3/c1-2-35-28-11-7-6-10-26(28)27-18-22(14-17-29(27)35)30-23(20-36(34-30)24-8-4-3-5-9-24)19-32-33-31(38)21-12-15-25(16-13-21)37(39)40/h3-20H,2H2,1H3,(H,33,38)/b32-19-. The molecular formula is C31H24N6O3. The van der Waals surface area contributed by atoms with Crippen LogP contribution in [0.5, 0.6) is 0 Å². The molecule has 0 aliphatic rings. The van der Waals surface area contributed by atoms with Crippen LogP contribution >= 0.6 is 0 Å². The minimum absolute atomic E-state index is 0.0861. The zero-order valence-corrected chi connectivity index (χ0v) is 21.6. The summed E-state index contributed by atoms with van der Waals surface area (Å²) >= 11 is 0. The molecule has 6 aromatic rings. The zero-order valence-electron chi connectivity index (χ0n) is 21.6. The number of carbonyl (C=O) groups excluding carboxylic acids is 1. The summed E-state index contributed by atoms with van der Waals surface area (Å²) < 4.78 is 4.08. The summed E-state index contributed by atoms with van der Waals surface area (Å²) in [7, 11) is 0. The maximum absolute atomic E-state index is 12.6. The van der Waals surface area contributed by atoms with Gasteiger partial charge in [-0.3, -0.25) is 14.9 Å². The lowest BCUT2D eigenvalue weighted by Crippen LogP contribution is -2.17. The van der Waals surface area contributed by atoms with E-state index in [1.807, 2.05) is 42.6 Å². The van der Waals surface area contributed by atoms with Gasteiger partial charge in [-0.1, -0.05) is 42.5 Å². The highest BCUT2D eigenvalue weighted by molar-refractivity contribution is 6.09. The molecule has 0 unspecified atom stereocenters. The molecule has 6 rings (SSSR count). The Morgan fingerprint density at radius 2 is 1.68 bits per heavy atom. The van der Waals surface area contributed by atoms with Crippen LogP contribution in [0.25, 0.3) is 38.8 Å². The fourth-order valence-corrected chi connectivity index (χ4v) is 4.92. The molecule has 0 atom stereocenters. The normalized spacial score (nSPS) is 11.4. The van der Waals surface area contributed by atoms with Gasteiger partial charge in [0.15, 0.2) is 0 Å². The van der Waals surface area contributed by atoms with Gasteiger partial charge in [-0.2, -0.15) is 10.2 Å². The van der Waals surface area contributed by atoms with Crippen molar-refractivity contribution < 1.29 is 9.72 Å². The molecule has 0 fully saturated rings. The smallest absolute Gasteiger partial charge is 0.271 e. The van der Waals surface area contributed by atoms with Crippen molar-refractivity contribution in [3.05, 3.63) is 124 Å². The fourth-order valence-electron chi connectivity index (χ4n) is 4.92. The van der Waals surface area contributed by atoms with Gasteiger partial charge >= 0.3 is 0 Å². The highest BCUT2D eigenvalue weighted by Crippen LogP contribution is 2.33. The van der Waals surface area contributed by atoms with Crippen LogP contribution in [-0.2, 0) is 6.54 Å². The number of rotatable bonds is 7. The fraction of sp³-hybridized carbons (Fsp3) is 0.0645. The van der Waals surface area contributed by atoms with Crippen LogP contribution in [-0.4, -0.2) is 31.4 Å². The average Bonchev–Trinajstić information content (AvgIpc) is 3.56. The number of hydrogen-bond donors (Lipinski definition) is 1. The Bertz CT molecular complexity index is 1900. The first-order valence-corrected chi connectivity index (χ1v) is 12.8. The Hall–Kier alpha value is -5.57. The average molecular weight is 529 g/mol. The van der Waals surface area contributed by atoms with Crippen LogP contribution < -0.4 is 5.43 Å². The van der Waals surface area contributed by atoms with E-state index in [4.69, 9.17) is 5.10 Å². The number of aryl methyl sites for hydroxylation is 1. The van der Waals surface area contributed by atoms with Gasteiger partial charge in [0.2, 0.25) is 0 Å². The maximum Gasteiger partial charge on any atom is 0.271 e. The maximum atomic E-state index is 12.6. The second-order valence-electron chi connectivity index (χ2n) is 9.21. The third kappa shape index (κ3) is 4.49. The van der Waals surface area contributed by atoms with E-state index in [2.05, 4.69) is 58.4 Å². The number of nitrogens with one attached hydrogen (secondary N) is 1. The van der Waals surface area contributed by atoms with E-state index in [1.54, 1.807) is 10.9 Å². The van der Waals surface area contributed by atoms with Gasteiger partial charge in [0.25, 0.3) is 11.6 Å². The summed E-state index contributed by atoms with van der Waals surface area (Å²) in [4.78, 5) is 23.0. The SMILES string of the molecule is CCn1c2ccccc2c2cc(-c3nn(-c4ccccc4)cc3/C=N\NC(=O)c3ccc([N+](=O)[O-])cc3)ccc21. The lowest BCUT2D eigenvalue weighted by Gasteiger charge is -2.04. The molecule has 0 aliphatic carbocycles. The number of non-ortho nitro benzene ring substituents is 1. The number of nitro groups is 1. The van der Waals surface area contributed by atoms with Crippen molar-refractivity contribution >= 4 is 39.6 Å². The summed E-state index contributed by atoms with van der Waals surface area (Å²) in [6, 6.07) is 29.8. The van der Waals surface area contributed by atoms with Crippen molar-refractivity contribution in [1.82, 2.24) is 19.8 Å². The van der Waals surface area contributed by atoms with Gasteiger partial charge < -0.3 is 4.57 Å². The monoisotopic (exact) mass is 528 g/mol. The number of para-hydroxylation sites is 2. The summed E-state index contributed by atoms with van der Waals surface area (Å²) in [5.41, 5.74) is 8.26. The van der Waals surface area contributed by atoms with Crippen molar-refractivity contribution in [1.29, 1.82) is 0 Å². The lowest BCUT2D eigenvalue weighted by atomic mass is 10.0. The van der Waals surface area contributed by atoms with E-state index in [1.165, 1.54) is 35.2 Å². The summed E-state index contributed by atoms with van der Waals surface area (Å²) in [6.45, 7) is 3.00. The quantitative estimate of drug-likeness (QED) is 0.148. The number of carbonyl (C=O) groups is 1. The molecular weight excluding hydrogens is 504 g/mol. The molecule has 1 amide bonds. The van der Waals surface area contributed by atoms with Crippen molar-refractivity contribution in [2.24, 2.45) is 5.10 Å². The molecule has 1 N–H and O–H groups in total.